The molecule has 1 rings (SSSR count). The Morgan fingerprint density at radius 1 is 1.47 bits per heavy atom. The quantitative estimate of drug-likeness (QED) is 0.791. The Balaban J connectivity index is 2.67. The number of aromatic nitrogens is 1. The van der Waals surface area contributed by atoms with Gasteiger partial charge in [0.1, 0.15) is 0 Å². The van der Waals surface area contributed by atoms with Crippen molar-refractivity contribution < 1.29 is 5.11 Å². The van der Waals surface area contributed by atoms with Gasteiger partial charge in [0.05, 0.1) is 11.3 Å². The monoisotopic (exact) mass is 237 g/mol. The maximum atomic E-state index is 9.82. The third-order valence-corrected chi connectivity index (χ3v) is 2.55. The third kappa shape index (κ3) is 5.15. The number of hydrogen-bond acceptors (Lipinski definition) is 4. The van der Waals surface area contributed by atoms with Crippen molar-refractivity contribution in [1.82, 2.24) is 9.88 Å². The summed E-state index contributed by atoms with van der Waals surface area (Å²) in [5, 5.41) is 12.9. The number of rotatable bonds is 6. The minimum absolute atomic E-state index is 0.648. The number of nitrogens with zero attached hydrogens (tertiary/aromatic N) is 2. The van der Waals surface area contributed by atoms with Crippen LogP contribution in [0.2, 0.25) is 0 Å². The summed E-state index contributed by atoms with van der Waals surface area (Å²) in [6.07, 6.45) is 1.80. The second-order valence-electron chi connectivity index (χ2n) is 4.90. The molecule has 2 N–H and O–H groups in total. The van der Waals surface area contributed by atoms with Crippen molar-refractivity contribution in [3.8, 4) is 0 Å². The predicted molar refractivity (Wildman–Crippen MR) is 71.0 cm³/mol. The lowest BCUT2D eigenvalue weighted by Gasteiger charge is -2.27. The topological polar surface area (TPSA) is 48.4 Å². The number of likely N-dealkylation sites (N-methyl/N-ethyl adjacent to an activating group) is 1. The van der Waals surface area contributed by atoms with Crippen molar-refractivity contribution in [2.45, 2.75) is 32.9 Å². The summed E-state index contributed by atoms with van der Waals surface area (Å²) >= 11 is 0. The number of hydrogen-bond donors (Lipinski definition) is 2. The molecule has 0 amide bonds. The van der Waals surface area contributed by atoms with Gasteiger partial charge in [-0.2, -0.15) is 0 Å². The van der Waals surface area contributed by atoms with E-state index >= 15 is 0 Å². The largest absolute Gasteiger partial charge is 0.389 e. The van der Waals surface area contributed by atoms with E-state index in [1.165, 1.54) is 0 Å². The highest BCUT2D eigenvalue weighted by atomic mass is 16.3. The van der Waals surface area contributed by atoms with Crippen LogP contribution in [0.5, 0.6) is 0 Å². The number of pyridine rings is 1. The van der Waals surface area contributed by atoms with Gasteiger partial charge in [-0.1, -0.05) is 6.92 Å². The molecule has 1 aromatic heterocycles. The first-order valence-corrected chi connectivity index (χ1v) is 6.02. The highest BCUT2D eigenvalue weighted by Crippen LogP contribution is 2.11. The molecule has 0 radical (unpaired) electrons. The Morgan fingerprint density at radius 2 is 2.18 bits per heavy atom. The van der Waals surface area contributed by atoms with Crippen LogP contribution in [0.1, 0.15) is 26.5 Å². The highest BCUT2D eigenvalue weighted by Gasteiger charge is 2.17. The molecular weight excluding hydrogens is 214 g/mol. The van der Waals surface area contributed by atoms with Crippen molar-refractivity contribution in [2.75, 3.05) is 25.5 Å². The van der Waals surface area contributed by atoms with Crippen molar-refractivity contribution in [2.24, 2.45) is 0 Å². The Kier molecular flexibility index (Phi) is 4.90. The molecule has 0 aliphatic carbocycles. The first kappa shape index (κ1) is 13.9. The van der Waals surface area contributed by atoms with E-state index in [-0.39, 0.29) is 0 Å². The van der Waals surface area contributed by atoms with Crippen molar-refractivity contribution >= 4 is 5.69 Å². The van der Waals surface area contributed by atoms with Crippen LogP contribution in [-0.2, 0) is 6.54 Å². The maximum Gasteiger partial charge on any atom is 0.0718 e. The van der Waals surface area contributed by atoms with Gasteiger partial charge in [-0.3, -0.25) is 9.88 Å². The molecule has 0 aliphatic heterocycles. The molecule has 1 aromatic rings. The van der Waals surface area contributed by atoms with E-state index in [1.807, 2.05) is 33.0 Å². The maximum absolute atomic E-state index is 9.82. The molecule has 0 spiro atoms. The van der Waals surface area contributed by atoms with Gasteiger partial charge < -0.3 is 10.4 Å². The molecular formula is C13H23N3O. The van der Waals surface area contributed by atoms with Crippen LogP contribution in [-0.4, -0.2) is 40.7 Å². The number of anilines is 1. The minimum atomic E-state index is -0.670. The van der Waals surface area contributed by atoms with Crippen LogP contribution >= 0.6 is 0 Å². The van der Waals surface area contributed by atoms with Crippen LogP contribution in [0.4, 0.5) is 5.69 Å². The summed E-state index contributed by atoms with van der Waals surface area (Å²) in [5.41, 5.74) is 1.41. The lowest BCUT2D eigenvalue weighted by molar-refractivity contribution is 0.0350. The molecule has 0 bridgehead atoms. The zero-order valence-electron chi connectivity index (χ0n) is 11.2. The number of nitrogens with one attached hydrogen (secondary N) is 1. The van der Waals surface area contributed by atoms with Crippen LogP contribution < -0.4 is 5.32 Å². The third-order valence-electron chi connectivity index (χ3n) is 2.55. The molecule has 4 heteroatoms. The molecule has 0 saturated carbocycles. The van der Waals surface area contributed by atoms with E-state index in [1.54, 1.807) is 6.20 Å². The molecule has 0 atom stereocenters. The lowest BCUT2D eigenvalue weighted by atomic mass is 10.1. The molecule has 4 nitrogen and oxygen atoms in total. The van der Waals surface area contributed by atoms with Crippen LogP contribution in [0.3, 0.4) is 0 Å². The van der Waals surface area contributed by atoms with Crippen LogP contribution in [0, 0.1) is 0 Å². The fourth-order valence-electron chi connectivity index (χ4n) is 1.78. The van der Waals surface area contributed by atoms with Gasteiger partial charge >= 0.3 is 0 Å². The van der Waals surface area contributed by atoms with E-state index in [0.717, 1.165) is 24.5 Å². The van der Waals surface area contributed by atoms with Gasteiger partial charge in [-0.05, 0) is 32.5 Å². The molecule has 0 fully saturated rings. The van der Waals surface area contributed by atoms with E-state index in [2.05, 4.69) is 22.1 Å². The van der Waals surface area contributed by atoms with Gasteiger partial charge in [0.25, 0.3) is 0 Å². The Labute approximate surface area is 104 Å². The van der Waals surface area contributed by atoms with Gasteiger partial charge in [0, 0.05) is 32.0 Å². The standard InChI is InChI=1S/C13H23N3O/c1-5-16(10-13(2,3)17)9-12-8-11(14-4)6-7-15-12/h6-8,17H,5,9-10H2,1-4H3,(H,14,15). The van der Waals surface area contributed by atoms with Gasteiger partial charge in [-0.15, -0.1) is 0 Å². The SMILES string of the molecule is CCN(Cc1cc(NC)ccn1)CC(C)(C)O. The Bertz CT molecular complexity index is 347. The first-order valence-electron chi connectivity index (χ1n) is 6.02. The fourth-order valence-corrected chi connectivity index (χ4v) is 1.78. The van der Waals surface area contributed by atoms with Crippen molar-refractivity contribution in [1.29, 1.82) is 0 Å². The average Bonchev–Trinajstić information content (AvgIpc) is 2.26. The van der Waals surface area contributed by atoms with Crippen molar-refractivity contribution in [3.05, 3.63) is 24.0 Å². The van der Waals surface area contributed by atoms with Crippen molar-refractivity contribution in [3.63, 3.8) is 0 Å². The smallest absolute Gasteiger partial charge is 0.0718 e. The summed E-state index contributed by atoms with van der Waals surface area (Å²) in [5.74, 6) is 0. The summed E-state index contributed by atoms with van der Waals surface area (Å²) in [4.78, 5) is 6.52. The first-order chi connectivity index (χ1) is 7.94. The van der Waals surface area contributed by atoms with E-state index in [0.29, 0.717) is 6.54 Å². The summed E-state index contributed by atoms with van der Waals surface area (Å²) in [6, 6.07) is 3.98. The molecule has 0 unspecified atom stereocenters. The fraction of sp³-hybridized carbons (Fsp3) is 0.615. The van der Waals surface area contributed by atoms with E-state index < -0.39 is 5.60 Å². The molecule has 0 saturated heterocycles. The van der Waals surface area contributed by atoms with Gasteiger partial charge in [-0.25, -0.2) is 0 Å². The molecule has 17 heavy (non-hydrogen) atoms. The normalized spacial score (nSPS) is 11.9. The van der Waals surface area contributed by atoms with E-state index in [4.69, 9.17) is 0 Å². The molecule has 0 aliphatic rings. The summed E-state index contributed by atoms with van der Waals surface area (Å²) in [7, 11) is 1.90. The van der Waals surface area contributed by atoms with Crippen LogP contribution in [0.25, 0.3) is 0 Å². The van der Waals surface area contributed by atoms with Gasteiger partial charge in [0.15, 0.2) is 0 Å². The predicted octanol–water partition coefficient (Wildman–Crippen LogP) is 1.72. The average molecular weight is 237 g/mol. The zero-order chi connectivity index (χ0) is 12.9. The second-order valence-corrected chi connectivity index (χ2v) is 4.90. The lowest BCUT2D eigenvalue weighted by Crippen LogP contribution is -2.38. The van der Waals surface area contributed by atoms with E-state index in [9.17, 15) is 5.11 Å². The second kappa shape index (κ2) is 5.98. The summed E-state index contributed by atoms with van der Waals surface area (Å²) in [6.45, 7) is 8.05. The zero-order valence-corrected chi connectivity index (χ0v) is 11.2. The Hall–Kier alpha value is -1.13. The minimum Gasteiger partial charge on any atom is -0.389 e. The molecule has 1 heterocycles. The Morgan fingerprint density at radius 3 is 2.71 bits per heavy atom. The molecule has 96 valence electrons. The van der Waals surface area contributed by atoms with Gasteiger partial charge in [0.2, 0.25) is 0 Å². The van der Waals surface area contributed by atoms with Crippen LogP contribution in [0.15, 0.2) is 18.3 Å². The number of aliphatic hydroxyl groups is 1. The molecule has 0 aromatic carbocycles. The highest BCUT2D eigenvalue weighted by molar-refractivity contribution is 5.42. The summed E-state index contributed by atoms with van der Waals surface area (Å²) < 4.78 is 0.